The summed E-state index contributed by atoms with van der Waals surface area (Å²) in [6.45, 7) is 4.64. The standard InChI is InChI=1S/C12H17N3O2/c1-9-2-3-10(8-11(9)13)12(16)14-15-4-6-17-7-5-15/h2-3,8H,4-7,13H2,1H3,(H,14,16). The van der Waals surface area contributed by atoms with Crippen LogP contribution in [0.25, 0.3) is 0 Å². The highest BCUT2D eigenvalue weighted by molar-refractivity contribution is 5.94. The molecule has 1 fully saturated rings. The molecule has 1 aliphatic heterocycles. The number of morpholine rings is 1. The van der Waals surface area contributed by atoms with Crippen molar-refractivity contribution in [3.8, 4) is 0 Å². The summed E-state index contributed by atoms with van der Waals surface area (Å²) < 4.78 is 5.21. The topological polar surface area (TPSA) is 67.6 Å². The molecule has 0 spiro atoms. The van der Waals surface area contributed by atoms with Gasteiger partial charge in [0.05, 0.1) is 13.2 Å². The van der Waals surface area contributed by atoms with Crippen LogP contribution in [0.5, 0.6) is 0 Å². The first-order chi connectivity index (χ1) is 8.16. The van der Waals surface area contributed by atoms with E-state index < -0.39 is 0 Å². The Balaban J connectivity index is 2.01. The summed E-state index contributed by atoms with van der Waals surface area (Å²) in [6, 6.07) is 5.33. The number of carbonyl (C=O) groups is 1. The van der Waals surface area contributed by atoms with Crippen LogP contribution in [0.1, 0.15) is 15.9 Å². The third-order valence-corrected chi connectivity index (χ3v) is 2.81. The molecule has 1 aromatic rings. The fourth-order valence-corrected chi connectivity index (χ4v) is 1.67. The first-order valence-electron chi connectivity index (χ1n) is 5.66. The maximum Gasteiger partial charge on any atom is 0.265 e. The van der Waals surface area contributed by atoms with Crippen molar-refractivity contribution in [1.82, 2.24) is 10.4 Å². The number of hydrazine groups is 1. The summed E-state index contributed by atoms with van der Waals surface area (Å²) in [5.41, 5.74) is 10.8. The van der Waals surface area contributed by atoms with E-state index in [-0.39, 0.29) is 5.91 Å². The average Bonchev–Trinajstić information content (AvgIpc) is 2.34. The molecule has 1 amide bonds. The minimum Gasteiger partial charge on any atom is -0.398 e. The predicted molar refractivity (Wildman–Crippen MR) is 65.4 cm³/mol. The van der Waals surface area contributed by atoms with Gasteiger partial charge in [0.15, 0.2) is 0 Å². The van der Waals surface area contributed by atoms with E-state index in [2.05, 4.69) is 5.43 Å². The Morgan fingerprint density at radius 2 is 2.12 bits per heavy atom. The number of hydrogen-bond acceptors (Lipinski definition) is 4. The van der Waals surface area contributed by atoms with Crippen LogP contribution in [-0.2, 0) is 4.74 Å². The number of hydrogen-bond donors (Lipinski definition) is 2. The Kier molecular flexibility index (Phi) is 3.61. The smallest absolute Gasteiger partial charge is 0.265 e. The van der Waals surface area contributed by atoms with Crippen LogP contribution in [0.4, 0.5) is 5.69 Å². The lowest BCUT2D eigenvalue weighted by Gasteiger charge is -2.26. The molecule has 5 nitrogen and oxygen atoms in total. The number of amides is 1. The number of nitrogen functional groups attached to an aromatic ring is 1. The van der Waals surface area contributed by atoms with Gasteiger partial charge in [0.25, 0.3) is 5.91 Å². The van der Waals surface area contributed by atoms with Crippen molar-refractivity contribution in [2.75, 3.05) is 32.0 Å². The summed E-state index contributed by atoms with van der Waals surface area (Å²) >= 11 is 0. The Morgan fingerprint density at radius 3 is 2.76 bits per heavy atom. The van der Waals surface area contributed by atoms with Gasteiger partial charge in [-0.05, 0) is 24.6 Å². The number of ether oxygens (including phenoxy) is 1. The molecule has 0 saturated carbocycles. The molecule has 92 valence electrons. The number of benzene rings is 1. The van der Waals surface area contributed by atoms with Gasteiger partial charge in [-0.2, -0.15) is 0 Å². The molecule has 3 N–H and O–H groups in total. The molecule has 0 aromatic heterocycles. The first-order valence-corrected chi connectivity index (χ1v) is 5.66. The van der Waals surface area contributed by atoms with Gasteiger partial charge < -0.3 is 10.5 Å². The maximum absolute atomic E-state index is 11.9. The van der Waals surface area contributed by atoms with E-state index in [1.165, 1.54) is 0 Å². The zero-order chi connectivity index (χ0) is 12.3. The Morgan fingerprint density at radius 1 is 1.41 bits per heavy atom. The summed E-state index contributed by atoms with van der Waals surface area (Å²) in [4.78, 5) is 11.9. The van der Waals surface area contributed by atoms with E-state index in [1.54, 1.807) is 12.1 Å². The molecule has 0 aliphatic carbocycles. The second-order valence-electron chi connectivity index (χ2n) is 4.11. The lowest BCUT2D eigenvalue weighted by atomic mass is 10.1. The van der Waals surface area contributed by atoms with E-state index in [1.807, 2.05) is 18.0 Å². The van der Waals surface area contributed by atoms with E-state index in [0.717, 1.165) is 5.56 Å². The molecule has 0 unspecified atom stereocenters. The minimum atomic E-state index is -0.126. The van der Waals surface area contributed by atoms with Crippen molar-refractivity contribution < 1.29 is 9.53 Å². The molecule has 5 heteroatoms. The number of aryl methyl sites for hydroxylation is 1. The monoisotopic (exact) mass is 235 g/mol. The van der Waals surface area contributed by atoms with Crippen molar-refractivity contribution in [1.29, 1.82) is 0 Å². The number of rotatable bonds is 2. The van der Waals surface area contributed by atoms with Gasteiger partial charge >= 0.3 is 0 Å². The van der Waals surface area contributed by atoms with Crippen LogP contribution in [0.2, 0.25) is 0 Å². The van der Waals surface area contributed by atoms with E-state index >= 15 is 0 Å². The Hall–Kier alpha value is -1.59. The van der Waals surface area contributed by atoms with E-state index in [4.69, 9.17) is 10.5 Å². The van der Waals surface area contributed by atoms with Gasteiger partial charge in [0.2, 0.25) is 0 Å². The quantitative estimate of drug-likeness (QED) is 0.735. The van der Waals surface area contributed by atoms with Crippen molar-refractivity contribution in [3.63, 3.8) is 0 Å². The van der Waals surface area contributed by atoms with E-state index in [9.17, 15) is 4.79 Å². The van der Waals surface area contributed by atoms with Crippen molar-refractivity contribution >= 4 is 11.6 Å². The molecular weight excluding hydrogens is 218 g/mol. The second-order valence-corrected chi connectivity index (χ2v) is 4.11. The highest BCUT2D eigenvalue weighted by atomic mass is 16.5. The number of anilines is 1. The second kappa shape index (κ2) is 5.16. The summed E-state index contributed by atoms with van der Waals surface area (Å²) in [7, 11) is 0. The minimum absolute atomic E-state index is 0.126. The predicted octanol–water partition coefficient (Wildman–Crippen LogP) is 0.554. The summed E-state index contributed by atoms with van der Waals surface area (Å²) in [6.07, 6.45) is 0. The highest BCUT2D eigenvalue weighted by Gasteiger charge is 2.14. The Bertz CT molecular complexity index is 414. The summed E-state index contributed by atoms with van der Waals surface area (Å²) in [5.74, 6) is -0.126. The van der Waals surface area contributed by atoms with Gasteiger partial charge in [-0.1, -0.05) is 6.07 Å². The number of carbonyl (C=O) groups excluding carboxylic acids is 1. The maximum atomic E-state index is 11.9. The average molecular weight is 235 g/mol. The molecule has 0 radical (unpaired) electrons. The molecule has 0 bridgehead atoms. The van der Waals surface area contributed by atoms with Crippen LogP contribution in [0.3, 0.4) is 0 Å². The molecule has 2 rings (SSSR count). The lowest BCUT2D eigenvalue weighted by molar-refractivity contribution is 0.0126. The number of nitrogens with zero attached hydrogens (tertiary/aromatic N) is 1. The molecule has 1 heterocycles. The molecular formula is C12H17N3O2. The van der Waals surface area contributed by atoms with Crippen molar-refractivity contribution in [3.05, 3.63) is 29.3 Å². The SMILES string of the molecule is Cc1ccc(C(=O)NN2CCOCC2)cc1N. The van der Waals surface area contributed by atoms with Crippen molar-refractivity contribution in [2.24, 2.45) is 0 Å². The molecule has 1 aromatic carbocycles. The number of nitrogens with two attached hydrogens (primary N) is 1. The normalized spacial score (nSPS) is 16.8. The molecule has 17 heavy (non-hydrogen) atoms. The summed E-state index contributed by atoms with van der Waals surface area (Å²) in [5, 5.41) is 1.86. The van der Waals surface area contributed by atoms with Gasteiger partial charge in [0, 0.05) is 24.3 Å². The van der Waals surface area contributed by atoms with Crippen LogP contribution < -0.4 is 11.2 Å². The van der Waals surface area contributed by atoms with Crippen LogP contribution >= 0.6 is 0 Å². The van der Waals surface area contributed by atoms with Crippen molar-refractivity contribution in [2.45, 2.75) is 6.92 Å². The van der Waals surface area contributed by atoms with E-state index in [0.29, 0.717) is 37.6 Å². The van der Waals surface area contributed by atoms with Crippen LogP contribution in [0.15, 0.2) is 18.2 Å². The zero-order valence-electron chi connectivity index (χ0n) is 9.90. The largest absolute Gasteiger partial charge is 0.398 e. The fraction of sp³-hybridized carbons (Fsp3) is 0.417. The molecule has 0 atom stereocenters. The van der Waals surface area contributed by atoms with Gasteiger partial charge in [0.1, 0.15) is 0 Å². The molecule has 1 saturated heterocycles. The Labute approximate surface area is 101 Å². The van der Waals surface area contributed by atoms with Gasteiger partial charge in [-0.25, -0.2) is 5.01 Å². The lowest BCUT2D eigenvalue weighted by Crippen LogP contribution is -2.48. The highest BCUT2D eigenvalue weighted by Crippen LogP contribution is 2.12. The van der Waals surface area contributed by atoms with Crippen LogP contribution in [0, 0.1) is 6.92 Å². The third kappa shape index (κ3) is 2.95. The van der Waals surface area contributed by atoms with Gasteiger partial charge in [-0.15, -0.1) is 0 Å². The first kappa shape index (κ1) is 11.9. The fourth-order valence-electron chi connectivity index (χ4n) is 1.67. The van der Waals surface area contributed by atoms with Crippen LogP contribution in [-0.4, -0.2) is 37.2 Å². The van der Waals surface area contributed by atoms with Gasteiger partial charge in [-0.3, -0.25) is 10.2 Å². The zero-order valence-corrected chi connectivity index (χ0v) is 9.90. The number of nitrogens with one attached hydrogen (secondary N) is 1. The third-order valence-electron chi connectivity index (χ3n) is 2.81. The molecule has 1 aliphatic rings.